The molecular formula is C13H22N4O2. The summed E-state index contributed by atoms with van der Waals surface area (Å²) in [5.41, 5.74) is 0.713. The van der Waals surface area contributed by atoms with Gasteiger partial charge in [0.05, 0.1) is 4.92 Å². The van der Waals surface area contributed by atoms with Gasteiger partial charge in [-0.3, -0.25) is 10.1 Å². The highest BCUT2D eigenvalue weighted by molar-refractivity contribution is 5.49. The molecule has 0 fully saturated rings. The van der Waals surface area contributed by atoms with Gasteiger partial charge < -0.3 is 9.80 Å². The lowest BCUT2D eigenvalue weighted by molar-refractivity contribution is -0.385. The number of hydrogen-bond acceptors (Lipinski definition) is 5. The molecule has 0 N–H and O–H groups in total. The maximum atomic E-state index is 10.8. The molecule has 0 bridgehead atoms. The Labute approximate surface area is 114 Å². The van der Waals surface area contributed by atoms with Crippen LogP contribution in [0.4, 0.5) is 11.5 Å². The van der Waals surface area contributed by atoms with E-state index in [-0.39, 0.29) is 5.69 Å². The third-order valence-corrected chi connectivity index (χ3v) is 2.97. The molecule has 6 nitrogen and oxygen atoms in total. The van der Waals surface area contributed by atoms with Crippen LogP contribution in [-0.4, -0.2) is 48.0 Å². The number of aromatic nitrogens is 1. The van der Waals surface area contributed by atoms with Crippen LogP contribution in [0.15, 0.2) is 12.3 Å². The van der Waals surface area contributed by atoms with Gasteiger partial charge in [0.15, 0.2) is 0 Å². The molecule has 0 aliphatic rings. The van der Waals surface area contributed by atoms with Crippen molar-refractivity contribution < 1.29 is 4.92 Å². The summed E-state index contributed by atoms with van der Waals surface area (Å²) in [6.07, 6.45) is 1.34. The summed E-state index contributed by atoms with van der Waals surface area (Å²) in [5, 5.41) is 10.8. The van der Waals surface area contributed by atoms with Gasteiger partial charge in [-0.1, -0.05) is 0 Å². The van der Waals surface area contributed by atoms with E-state index in [0.29, 0.717) is 11.6 Å². The topological polar surface area (TPSA) is 62.5 Å². The second kappa shape index (κ2) is 6.47. The first-order chi connectivity index (χ1) is 8.82. The fraction of sp³-hybridized carbons (Fsp3) is 0.615. The predicted molar refractivity (Wildman–Crippen MR) is 76.7 cm³/mol. The molecule has 0 spiro atoms. The summed E-state index contributed by atoms with van der Waals surface area (Å²) < 4.78 is 0. The molecule has 106 valence electrons. The lowest BCUT2D eigenvalue weighted by atomic mass is 10.2. The average molecular weight is 266 g/mol. The van der Waals surface area contributed by atoms with E-state index in [2.05, 4.69) is 28.6 Å². The number of aryl methyl sites for hydroxylation is 1. The van der Waals surface area contributed by atoms with Crippen molar-refractivity contribution in [3.8, 4) is 0 Å². The number of rotatable bonds is 6. The van der Waals surface area contributed by atoms with Gasteiger partial charge in [-0.05, 0) is 40.9 Å². The highest BCUT2D eigenvalue weighted by atomic mass is 16.6. The third-order valence-electron chi connectivity index (χ3n) is 2.97. The quantitative estimate of drug-likeness (QED) is 0.582. The van der Waals surface area contributed by atoms with Gasteiger partial charge in [0.1, 0.15) is 12.0 Å². The summed E-state index contributed by atoms with van der Waals surface area (Å²) in [5.74, 6) is 0.792. The van der Waals surface area contributed by atoms with E-state index in [1.165, 1.54) is 6.20 Å². The molecular weight excluding hydrogens is 244 g/mol. The fourth-order valence-electron chi connectivity index (χ4n) is 1.83. The number of hydrogen-bond donors (Lipinski definition) is 0. The Bertz CT molecular complexity index is 446. The molecule has 1 aromatic heterocycles. The molecule has 1 aromatic rings. The van der Waals surface area contributed by atoms with Crippen molar-refractivity contribution in [2.45, 2.75) is 26.8 Å². The van der Waals surface area contributed by atoms with Gasteiger partial charge in [-0.15, -0.1) is 0 Å². The van der Waals surface area contributed by atoms with Crippen molar-refractivity contribution >= 4 is 11.5 Å². The van der Waals surface area contributed by atoms with Gasteiger partial charge in [-0.2, -0.15) is 0 Å². The van der Waals surface area contributed by atoms with E-state index in [9.17, 15) is 10.1 Å². The van der Waals surface area contributed by atoms with Crippen LogP contribution in [0.5, 0.6) is 0 Å². The maximum absolute atomic E-state index is 10.8. The van der Waals surface area contributed by atoms with Gasteiger partial charge >= 0.3 is 0 Å². The average Bonchev–Trinajstić information content (AvgIpc) is 2.27. The standard InChI is InChI=1S/C13H22N4O2/c1-10(2)16(7-6-15(4)5)13-8-11(3)12(9-14-13)17(18)19/h8-10H,6-7H2,1-5H3. The SMILES string of the molecule is Cc1cc(N(CCN(C)C)C(C)C)ncc1[N+](=O)[O-]. The molecule has 19 heavy (non-hydrogen) atoms. The zero-order valence-corrected chi connectivity index (χ0v) is 12.3. The van der Waals surface area contributed by atoms with E-state index in [1.54, 1.807) is 13.0 Å². The van der Waals surface area contributed by atoms with Crippen molar-refractivity contribution in [2.75, 3.05) is 32.1 Å². The lowest BCUT2D eigenvalue weighted by Crippen LogP contribution is -2.37. The fourth-order valence-corrected chi connectivity index (χ4v) is 1.83. The molecule has 1 heterocycles. The van der Waals surface area contributed by atoms with Crippen LogP contribution in [0, 0.1) is 17.0 Å². The smallest absolute Gasteiger partial charge is 0.290 e. The minimum absolute atomic E-state index is 0.0695. The van der Waals surface area contributed by atoms with Crippen LogP contribution in [0.25, 0.3) is 0 Å². The zero-order valence-electron chi connectivity index (χ0n) is 12.3. The van der Waals surface area contributed by atoms with Gasteiger partial charge in [0.2, 0.25) is 0 Å². The molecule has 0 saturated carbocycles. The summed E-state index contributed by atoms with van der Waals surface area (Å²) in [4.78, 5) is 18.9. The van der Waals surface area contributed by atoms with Crippen LogP contribution in [-0.2, 0) is 0 Å². The second-order valence-electron chi connectivity index (χ2n) is 5.18. The molecule has 0 aliphatic heterocycles. The van der Waals surface area contributed by atoms with E-state index >= 15 is 0 Å². The Morgan fingerprint density at radius 1 is 1.37 bits per heavy atom. The Balaban J connectivity index is 2.97. The number of nitrogens with zero attached hydrogens (tertiary/aromatic N) is 4. The van der Waals surface area contributed by atoms with Crippen LogP contribution < -0.4 is 4.90 Å². The van der Waals surface area contributed by atoms with E-state index in [1.807, 2.05) is 14.1 Å². The Morgan fingerprint density at radius 3 is 2.42 bits per heavy atom. The van der Waals surface area contributed by atoms with Gasteiger partial charge in [0.25, 0.3) is 5.69 Å². The summed E-state index contributed by atoms with van der Waals surface area (Å²) >= 11 is 0. The molecule has 0 radical (unpaired) electrons. The summed E-state index contributed by atoms with van der Waals surface area (Å²) in [7, 11) is 4.04. The molecule has 6 heteroatoms. The van der Waals surface area contributed by atoms with Gasteiger partial charge in [0, 0.05) is 24.7 Å². The first-order valence-electron chi connectivity index (χ1n) is 6.35. The normalized spacial score (nSPS) is 11.1. The molecule has 0 atom stereocenters. The molecule has 0 saturated heterocycles. The molecule has 1 rings (SSSR count). The zero-order chi connectivity index (χ0) is 14.6. The molecule has 0 aromatic carbocycles. The number of anilines is 1. The molecule has 0 aliphatic carbocycles. The monoisotopic (exact) mass is 266 g/mol. The Hall–Kier alpha value is -1.69. The van der Waals surface area contributed by atoms with E-state index in [4.69, 9.17) is 0 Å². The lowest BCUT2D eigenvalue weighted by Gasteiger charge is -2.29. The summed E-state index contributed by atoms with van der Waals surface area (Å²) in [6.45, 7) is 7.68. The Morgan fingerprint density at radius 2 is 2.00 bits per heavy atom. The highest BCUT2D eigenvalue weighted by Crippen LogP contribution is 2.22. The number of pyridine rings is 1. The maximum Gasteiger partial charge on any atom is 0.290 e. The van der Waals surface area contributed by atoms with E-state index in [0.717, 1.165) is 18.9 Å². The summed E-state index contributed by atoms with van der Waals surface area (Å²) in [6, 6.07) is 2.08. The van der Waals surface area contributed by atoms with Crippen LogP contribution >= 0.6 is 0 Å². The first-order valence-corrected chi connectivity index (χ1v) is 6.35. The predicted octanol–water partition coefficient (Wildman–Crippen LogP) is 2.07. The first kappa shape index (κ1) is 15.4. The minimum Gasteiger partial charge on any atom is -0.353 e. The third kappa shape index (κ3) is 4.17. The van der Waals surface area contributed by atoms with Crippen LogP contribution in [0.2, 0.25) is 0 Å². The van der Waals surface area contributed by atoms with Crippen LogP contribution in [0.1, 0.15) is 19.4 Å². The Kier molecular flexibility index (Phi) is 5.23. The van der Waals surface area contributed by atoms with E-state index < -0.39 is 4.92 Å². The van der Waals surface area contributed by atoms with Crippen molar-refractivity contribution in [3.05, 3.63) is 27.9 Å². The number of nitro groups is 1. The minimum atomic E-state index is -0.397. The highest BCUT2D eigenvalue weighted by Gasteiger charge is 2.17. The molecule has 0 unspecified atom stereocenters. The largest absolute Gasteiger partial charge is 0.353 e. The van der Waals surface area contributed by atoms with Crippen molar-refractivity contribution in [1.29, 1.82) is 0 Å². The van der Waals surface area contributed by atoms with Crippen molar-refractivity contribution in [1.82, 2.24) is 9.88 Å². The second-order valence-corrected chi connectivity index (χ2v) is 5.18. The van der Waals surface area contributed by atoms with Crippen molar-refractivity contribution in [2.24, 2.45) is 0 Å². The number of likely N-dealkylation sites (N-methyl/N-ethyl adjacent to an activating group) is 1. The molecule has 0 amide bonds. The van der Waals surface area contributed by atoms with Gasteiger partial charge in [-0.25, -0.2) is 4.98 Å². The van der Waals surface area contributed by atoms with Crippen LogP contribution in [0.3, 0.4) is 0 Å². The van der Waals surface area contributed by atoms with Crippen molar-refractivity contribution in [3.63, 3.8) is 0 Å².